The molecule has 0 bridgehead atoms. The van der Waals surface area contributed by atoms with Gasteiger partial charge in [0.05, 0.1) is 11.2 Å². The lowest BCUT2D eigenvalue weighted by Crippen LogP contribution is -2.21. The summed E-state index contributed by atoms with van der Waals surface area (Å²) in [6.45, 7) is 3.84. The normalized spacial score (nSPS) is 20.4. The number of thiazole rings is 1. The van der Waals surface area contributed by atoms with E-state index in [1.807, 2.05) is 12.4 Å². The Kier molecular flexibility index (Phi) is 3.72. The van der Waals surface area contributed by atoms with E-state index in [1.54, 1.807) is 11.3 Å². The Bertz CT molecular complexity index is 307. The minimum Gasteiger partial charge on any atom is -0.381 e. The van der Waals surface area contributed by atoms with Gasteiger partial charge < -0.3 is 10.5 Å². The second kappa shape index (κ2) is 5.05. The van der Waals surface area contributed by atoms with E-state index >= 15 is 0 Å². The summed E-state index contributed by atoms with van der Waals surface area (Å²) in [5.74, 6) is 0.732. The van der Waals surface area contributed by atoms with Crippen LogP contribution in [0.4, 0.5) is 0 Å². The fourth-order valence-electron chi connectivity index (χ4n) is 2.12. The third-order valence-corrected chi connectivity index (χ3v) is 4.11. The minimum atomic E-state index is 0.167. The molecule has 2 N–H and O–H groups in total. The van der Waals surface area contributed by atoms with E-state index in [1.165, 1.54) is 4.88 Å². The van der Waals surface area contributed by atoms with Gasteiger partial charge in [-0.15, -0.1) is 11.3 Å². The van der Waals surface area contributed by atoms with Crippen molar-refractivity contribution in [3.8, 4) is 0 Å². The molecule has 0 radical (unpaired) electrons. The fraction of sp³-hybridized carbons (Fsp3) is 0.727. The van der Waals surface area contributed by atoms with Crippen LogP contribution in [0.1, 0.15) is 35.9 Å². The SMILES string of the molecule is Cc1ncsc1C(N)CC1CCOCC1. The molecule has 1 aliphatic rings. The molecule has 1 aromatic heterocycles. The molecular formula is C11H18N2OS. The highest BCUT2D eigenvalue weighted by molar-refractivity contribution is 7.09. The predicted octanol–water partition coefficient (Wildman–Crippen LogP) is 2.27. The van der Waals surface area contributed by atoms with Crippen molar-refractivity contribution < 1.29 is 4.74 Å². The van der Waals surface area contributed by atoms with E-state index in [0.29, 0.717) is 0 Å². The monoisotopic (exact) mass is 226 g/mol. The first-order chi connectivity index (χ1) is 7.27. The van der Waals surface area contributed by atoms with Crippen molar-refractivity contribution in [2.24, 2.45) is 11.7 Å². The van der Waals surface area contributed by atoms with E-state index in [4.69, 9.17) is 10.5 Å². The summed E-state index contributed by atoms with van der Waals surface area (Å²) in [7, 11) is 0. The zero-order valence-corrected chi connectivity index (χ0v) is 9.93. The molecule has 0 amide bonds. The van der Waals surface area contributed by atoms with Gasteiger partial charge in [0, 0.05) is 24.1 Å². The molecule has 2 rings (SSSR count). The lowest BCUT2D eigenvalue weighted by Gasteiger charge is -2.24. The summed E-state index contributed by atoms with van der Waals surface area (Å²) < 4.78 is 5.35. The number of nitrogens with two attached hydrogens (primary N) is 1. The molecule has 3 nitrogen and oxygen atoms in total. The smallest absolute Gasteiger partial charge is 0.0798 e. The Labute approximate surface area is 94.7 Å². The van der Waals surface area contributed by atoms with E-state index in [9.17, 15) is 0 Å². The van der Waals surface area contributed by atoms with Crippen molar-refractivity contribution in [1.29, 1.82) is 0 Å². The molecule has 0 saturated carbocycles. The van der Waals surface area contributed by atoms with Crippen LogP contribution in [0, 0.1) is 12.8 Å². The molecule has 15 heavy (non-hydrogen) atoms. The van der Waals surface area contributed by atoms with Crippen LogP contribution >= 0.6 is 11.3 Å². The van der Waals surface area contributed by atoms with Crippen molar-refractivity contribution in [2.75, 3.05) is 13.2 Å². The highest BCUT2D eigenvalue weighted by atomic mass is 32.1. The second-order valence-electron chi connectivity index (χ2n) is 4.20. The van der Waals surface area contributed by atoms with Crippen LogP contribution in [-0.2, 0) is 4.74 Å². The molecule has 1 aromatic rings. The van der Waals surface area contributed by atoms with Gasteiger partial charge in [0.25, 0.3) is 0 Å². The zero-order chi connectivity index (χ0) is 10.7. The molecule has 1 atom stereocenters. The molecule has 2 heterocycles. The summed E-state index contributed by atoms with van der Waals surface area (Å²) >= 11 is 1.68. The number of rotatable bonds is 3. The van der Waals surface area contributed by atoms with Gasteiger partial charge >= 0.3 is 0 Å². The lowest BCUT2D eigenvalue weighted by molar-refractivity contribution is 0.0619. The molecule has 4 heteroatoms. The van der Waals surface area contributed by atoms with Gasteiger partial charge in [0.1, 0.15) is 0 Å². The maximum Gasteiger partial charge on any atom is 0.0798 e. The van der Waals surface area contributed by atoms with Crippen LogP contribution in [0.15, 0.2) is 5.51 Å². The van der Waals surface area contributed by atoms with Gasteiger partial charge in [-0.25, -0.2) is 4.98 Å². The summed E-state index contributed by atoms with van der Waals surface area (Å²) in [6.07, 6.45) is 3.39. The average Bonchev–Trinajstić information content (AvgIpc) is 2.66. The predicted molar refractivity (Wildman–Crippen MR) is 61.9 cm³/mol. The van der Waals surface area contributed by atoms with Crippen molar-refractivity contribution in [1.82, 2.24) is 4.98 Å². The Morgan fingerprint density at radius 3 is 2.93 bits per heavy atom. The molecule has 0 aromatic carbocycles. The Hall–Kier alpha value is -0.450. The first-order valence-electron chi connectivity index (χ1n) is 5.50. The number of aromatic nitrogens is 1. The van der Waals surface area contributed by atoms with E-state index in [-0.39, 0.29) is 6.04 Å². The summed E-state index contributed by atoms with van der Waals surface area (Å²) in [6, 6.07) is 0.167. The quantitative estimate of drug-likeness (QED) is 0.860. The molecule has 1 unspecified atom stereocenters. The van der Waals surface area contributed by atoms with E-state index < -0.39 is 0 Å². The molecule has 1 saturated heterocycles. The first kappa shape index (κ1) is 11.0. The maximum absolute atomic E-state index is 6.20. The lowest BCUT2D eigenvalue weighted by atomic mass is 9.92. The average molecular weight is 226 g/mol. The summed E-state index contributed by atoms with van der Waals surface area (Å²) in [5, 5.41) is 0. The highest BCUT2D eigenvalue weighted by Crippen LogP contribution is 2.29. The number of ether oxygens (including phenoxy) is 1. The molecular weight excluding hydrogens is 208 g/mol. The van der Waals surface area contributed by atoms with Crippen molar-refractivity contribution in [3.05, 3.63) is 16.1 Å². The number of hydrogen-bond donors (Lipinski definition) is 1. The standard InChI is InChI=1S/C11H18N2OS/c1-8-11(15-7-13-8)10(12)6-9-2-4-14-5-3-9/h7,9-10H,2-6,12H2,1H3. The molecule has 0 spiro atoms. The molecule has 84 valence electrons. The van der Waals surface area contributed by atoms with Gasteiger partial charge in [-0.1, -0.05) is 0 Å². The zero-order valence-electron chi connectivity index (χ0n) is 9.11. The molecule has 1 fully saturated rings. The molecule has 0 aliphatic carbocycles. The largest absolute Gasteiger partial charge is 0.381 e. The van der Waals surface area contributed by atoms with Crippen molar-refractivity contribution in [3.63, 3.8) is 0 Å². The second-order valence-corrected chi connectivity index (χ2v) is 5.09. The third kappa shape index (κ3) is 2.77. The van der Waals surface area contributed by atoms with Gasteiger partial charge in [0.15, 0.2) is 0 Å². The Morgan fingerprint density at radius 2 is 2.33 bits per heavy atom. The van der Waals surface area contributed by atoms with Gasteiger partial charge in [0.2, 0.25) is 0 Å². The van der Waals surface area contributed by atoms with Crippen LogP contribution < -0.4 is 5.73 Å². The Morgan fingerprint density at radius 1 is 1.60 bits per heavy atom. The summed E-state index contributed by atoms with van der Waals surface area (Å²) in [5.41, 5.74) is 9.18. The van der Waals surface area contributed by atoms with Crippen LogP contribution in [-0.4, -0.2) is 18.2 Å². The Balaban J connectivity index is 1.91. The van der Waals surface area contributed by atoms with Crippen LogP contribution in [0.25, 0.3) is 0 Å². The van der Waals surface area contributed by atoms with Gasteiger partial charge in [-0.2, -0.15) is 0 Å². The van der Waals surface area contributed by atoms with Crippen LogP contribution in [0.5, 0.6) is 0 Å². The number of aryl methyl sites for hydroxylation is 1. The van der Waals surface area contributed by atoms with E-state index in [2.05, 4.69) is 4.98 Å². The fourth-order valence-corrected chi connectivity index (χ4v) is 2.93. The van der Waals surface area contributed by atoms with E-state index in [0.717, 1.165) is 44.1 Å². The van der Waals surface area contributed by atoms with Crippen molar-refractivity contribution in [2.45, 2.75) is 32.2 Å². The summed E-state index contributed by atoms with van der Waals surface area (Å²) in [4.78, 5) is 5.50. The molecule has 1 aliphatic heterocycles. The van der Waals surface area contributed by atoms with Gasteiger partial charge in [-0.3, -0.25) is 0 Å². The van der Waals surface area contributed by atoms with Gasteiger partial charge in [-0.05, 0) is 32.1 Å². The van der Waals surface area contributed by atoms with Crippen molar-refractivity contribution >= 4 is 11.3 Å². The van der Waals surface area contributed by atoms with Crippen LogP contribution in [0.3, 0.4) is 0 Å². The minimum absolute atomic E-state index is 0.167. The topological polar surface area (TPSA) is 48.1 Å². The highest BCUT2D eigenvalue weighted by Gasteiger charge is 2.19. The third-order valence-electron chi connectivity index (χ3n) is 3.05. The first-order valence-corrected chi connectivity index (χ1v) is 6.38. The number of nitrogens with zero attached hydrogens (tertiary/aromatic N) is 1. The van der Waals surface area contributed by atoms with Crippen LogP contribution in [0.2, 0.25) is 0 Å². The maximum atomic E-state index is 6.20. The number of hydrogen-bond acceptors (Lipinski definition) is 4.